The number of nitrogens with one attached hydrogen (secondary N) is 1. The number of nitrogens with two attached hydrogens (primary N) is 1. The molecule has 1 fully saturated rings. The monoisotopic (exact) mass is 445 g/mol. The molecule has 3 aromatic rings. The van der Waals surface area contributed by atoms with E-state index in [1.807, 2.05) is 35.2 Å². The van der Waals surface area contributed by atoms with Gasteiger partial charge >= 0.3 is 0 Å². The van der Waals surface area contributed by atoms with Gasteiger partial charge in [0.2, 0.25) is 11.7 Å². The van der Waals surface area contributed by atoms with Crippen molar-refractivity contribution in [1.82, 2.24) is 15.0 Å². The van der Waals surface area contributed by atoms with Gasteiger partial charge in [-0.2, -0.15) is 4.98 Å². The third kappa shape index (κ3) is 5.68. The molecule has 0 radical (unpaired) electrons. The third-order valence-electron chi connectivity index (χ3n) is 6.12. The number of benzene rings is 2. The molecule has 0 amide bonds. The van der Waals surface area contributed by atoms with Gasteiger partial charge < -0.3 is 19.9 Å². The highest BCUT2D eigenvalue weighted by molar-refractivity contribution is 5.75. The molecule has 172 valence electrons. The van der Waals surface area contributed by atoms with Crippen molar-refractivity contribution in [3.8, 4) is 11.4 Å². The molecule has 1 unspecified atom stereocenters. The number of hydrogen-bond donors (Lipinski definition) is 2. The van der Waals surface area contributed by atoms with E-state index in [0.717, 1.165) is 30.5 Å². The minimum absolute atomic E-state index is 0.0912. The van der Waals surface area contributed by atoms with Crippen molar-refractivity contribution in [2.24, 2.45) is 5.73 Å². The van der Waals surface area contributed by atoms with Crippen LogP contribution in [0.5, 0.6) is 0 Å². The summed E-state index contributed by atoms with van der Waals surface area (Å²) in [5.41, 5.74) is 10.1. The fourth-order valence-corrected chi connectivity index (χ4v) is 4.04. The van der Waals surface area contributed by atoms with Crippen molar-refractivity contribution in [2.45, 2.75) is 38.7 Å². The standard InChI is InChI=1S/C26H31N5O2/c1-18(7-6-16-32-19(2)21-8-4-3-5-9-21)20-10-12-22(13-11-20)24-29-25(33-30-24)23-14-15-31(17-23)26(27)28/h3-5,7-13,19,23H,6,14-17H2,1-2H3,(H3,27,28)/b18-7+/t19?,23-/m1/s1. The molecule has 1 aliphatic rings. The summed E-state index contributed by atoms with van der Waals surface area (Å²) in [5, 5.41) is 11.7. The molecule has 7 nitrogen and oxygen atoms in total. The van der Waals surface area contributed by atoms with Crippen LogP contribution in [-0.4, -0.2) is 40.7 Å². The average molecular weight is 446 g/mol. The van der Waals surface area contributed by atoms with Crippen LogP contribution in [0.2, 0.25) is 0 Å². The molecule has 1 aliphatic heterocycles. The van der Waals surface area contributed by atoms with Gasteiger partial charge in [-0.25, -0.2) is 0 Å². The molecular weight excluding hydrogens is 414 g/mol. The Bertz CT molecular complexity index is 1090. The molecule has 0 saturated carbocycles. The number of rotatable bonds is 8. The van der Waals surface area contributed by atoms with Gasteiger partial charge in [0.25, 0.3) is 0 Å². The minimum atomic E-state index is 0.0912. The fraction of sp³-hybridized carbons (Fsp3) is 0.346. The molecule has 4 rings (SSSR count). The summed E-state index contributed by atoms with van der Waals surface area (Å²) in [4.78, 5) is 6.41. The van der Waals surface area contributed by atoms with E-state index >= 15 is 0 Å². The van der Waals surface area contributed by atoms with Gasteiger partial charge in [-0.3, -0.25) is 5.41 Å². The lowest BCUT2D eigenvalue weighted by Gasteiger charge is -2.14. The normalized spacial score (nSPS) is 17.3. The third-order valence-corrected chi connectivity index (χ3v) is 6.12. The van der Waals surface area contributed by atoms with Gasteiger partial charge in [0.15, 0.2) is 5.96 Å². The lowest BCUT2D eigenvalue weighted by Crippen LogP contribution is -2.34. The van der Waals surface area contributed by atoms with Crippen LogP contribution >= 0.6 is 0 Å². The number of ether oxygens (including phenoxy) is 1. The molecule has 2 aromatic carbocycles. The van der Waals surface area contributed by atoms with Crippen molar-refractivity contribution in [1.29, 1.82) is 5.41 Å². The predicted molar refractivity (Wildman–Crippen MR) is 130 cm³/mol. The second kappa shape index (κ2) is 10.4. The Morgan fingerprint density at radius 3 is 2.70 bits per heavy atom. The van der Waals surface area contributed by atoms with Crippen LogP contribution in [-0.2, 0) is 4.74 Å². The number of guanidine groups is 1. The zero-order valence-corrected chi connectivity index (χ0v) is 19.2. The molecule has 3 N–H and O–H groups in total. The number of allylic oxidation sites excluding steroid dienone is 1. The molecule has 0 bridgehead atoms. The number of aromatic nitrogens is 2. The van der Waals surface area contributed by atoms with Crippen LogP contribution in [0.15, 0.2) is 65.2 Å². The summed E-state index contributed by atoms with van der Waals surface area (Å²) in [7, 11) is 0. The van der Waals surface area contributed by atoms with E-state index in [1.165, 1.54) is 11.1 Å². The summed E-state index contributed by atoms with van der Waals surface area (Å²) in [6.45, 7) is 6.27. The minimum Gasteiger partial charge on any atom is -0.373 e. The summed E-state index contributed by atoms with van der Waals surface area (Å²) < 4.78 is 11.5. The van der Waals surface area contributed by atoms with Gasteiger partial charge in [-0.15, -0.1) is 0 Å². The number of likely N-dealkylation sites (tertiary alicyclic amines) is 1. The Morgan fingerprint density at radius 1 is 1.24 bits per heavy atom. The van der Waals surface area contributed by atoms with Gasteiger partial charge in [0.05, 0.1) is 18.6 Å². The van der Waals surface area contributed by atoms with Crippen molar-refractivity contribution in [2.75, 3.05) is 19.7 Å². The Kier molecular flexibility index (Phi) is 7.19. The first kappa shape index (κ1) is 22.7. The first-order valence-electron chi connectivity index (χ1n) is 11.4. The van der Waals surface area contributed by atoms with Crippen LogP contribution in [0.4, 0.5) is 0 Å². The number of hydrogen-bond acceptors (Lipinski definition) is 5. The van der Waals surface area contributed by atoms with Crippen molar-refractivity contribution >= 4 is 11.5 Å². The van der Waals surface area contributed by atoms with Crippen LogP contribution in [0.3, 0.4) is 0 Å². The Hall–Kier alpha value is -3.45. The molecule has 1 aromatic heterocycles. The van der Waals surface area contributed by atoms with Gasteiger partial charge in [-0.1, -0.05) is 65.8 Å². The summed E-state index contributed by atoms with van der Waals surface area (Å²) in [6.07, 6.45) is 4.02. The number of nitrogens with zero attached hydrogens (tertiary/aromatic N) is 3. The maximum absolute atomic E-state index is 7.57. The first-order valence-corrected chi connectivity index (χ1v) is 11.4. The molecule has 2 heterocycles. The predicted octanol–water partition coefficient (Wildman–Crippen LogP) is 4.99. The fourth-order valence-electron chi connectivity index (χ4n) is 4.04. The first-order chi connectivity index (χ1) is 16.0. The van der Waals surface area contributed by atoms with E-state index in [4.69, 9.17) is 20.4 Å². The molecular formula is C26H31N5O2. The maximum atomic E-state index is 7.57. The maximum Gasteiger partial charge on any atom is 0.231 e. The molecule has 0 spiro atoms. The van der Waals surface area contributed by atoms with Crippen LogP contribution in [0.1, 0.15) is 55.7 Å². The van der Waals surface area contributed by atoms with Crippen LogP contribution < -0.4 is 5.73 Å². The van der Waals surface area contributed by atoms with Gasteiger partial charge in [0.1, 0.15) is 0 Å². The van der Waals surface area contributed by atoms with E-state index in [1.54, 1.807) is 0 Å². The van der Waals surface area contributed by atoms with E-state index in [2.05, 4.69) is 54.3 Å². The largest absolute Gasteiger partial charge is 0.373 e. The van der Waals surface area contributed by atoms with Crippen LogP contribution in [0, 0.1) is 5.41 Å². The zero-order valence-electron chi connectivity index (χ0n) is 19.2. The Labute approximate surface area is 194 Å². The second-order valence-electron chi connectivity index (χ2n) is 8.45. The van der Waals surface area contributed by atoms with E-state index < -0.39 is 0 Å². The highest BCUT2D eigenvalue weighted by atomic mass is 16.5. The smallest absolute Gasteiger partial charge is 0.231 e. The van der Waals surface area contributed by atoms with E-state index in [-0.39, 0.29) is 18.0 Å². The Balaban J connectivity index is 1.31. The van der Waals surface area contributed by atoms with Crippen molar-refractivity contribution in [3.05, 3.63) is 77.7 Å². The lowest BCUT2D eigenvalue weighted by molar-refractivity contribution is 0.0693. The molecule has 33 heavy (non-hydrogen) atoms. The zero-order chi connectivity index (χ0) is 23.2. The lowest BCUT2D eigenvalue weighted by atomic mass is 10.0. The molecule has 1 saturated heterocycles. The molecule has 2 atom stereocenters. The van der Waals surface area contributed by atoms with Crippen molar-refractivity contribution < 1.29 is 9.26 Å². The van der Waals surface area contributed by atoms with E-state index in [9.17, 15) is 0 Å². The van der Waals surface area contributed by atoms with Crippen LogP contribution in [0.25, 0.3) is 17.0 Å². The van der Waals surface area contributed by atoms with Gasteiger partial charge in [0, 0.05) is 18.7 Å². The second-order valence-corrected chi connectivity index (χ2v) is 8.45. The van der Waals surface area contributed by atoms with Crippen molar-refractivity contribution in [3.63, 3.8) is 0 Å². The Morgan fingerprint density at radius 2 is 2.00 bits per heavy atom. The quantitative estimate of drug-likeness (QED) is 0.288. The molecule has 0 aliphatic carbocycles. The van der Waals surface area contributed by atoms with E-state index in [0.29, 0.717) is 24.9 Å². The SMILES string of the molecule is C/C(=C\CCOC(C)c1ccccc1)c1ccc(-c2noc([C@@H]3CCN(C(=N)N)C3)n2)cc1. The highest BCUT2D eigenvalue weighted by Gasteiger charge is 2.29. The average Bonchev–Trinajstić information content (AvgIpc) is 3.52. The molecule has 7 heteroatoms. The topological polar surface area (TPSA) is 101 Å². The summed E-state index contributed by atoms with van der Waals surface area (Å²) in [6, 6.07) is 18.5. The summed E-state index contributed by atoms with van der Waals surface area (Å²) in [5.74, 6) is 1.40. The highest BCUT2D eigenvalue weighted by Crippen LogP contribution is 2.28. The van der Waals surface area contributed by atoms with Gasteiger partial charge in [-0.05, 0) is 43.4 Å². The summed E-state index contributed by atoms with van der Waals surface area (Å²) >= 11 is 0.